The summed E-state index contributed by atoms with van der Waals surface area (Å²) in [5.74, 6) is 1.78. The summed E-state index contributed by atoms with van der Waals surface area (Å²) in [5.41, 5.74) is 0. The fourth-order valence-corrected chi connectivity index (χ4v) is 7.82. The van der Waals surface area contributed by atoms with E-state index < -0.39 is 0 Å². The summed E-state index contributed by atoms with van der Waals surface area (Å²) in [4.78, 5) is 2.87. The molecule has 0 atom stereocenters. The van der Waals surface area contributed by atoms with E-state index in [2.05, 4.69) is 39.5 Å². The van der Waals surface area contributed by atoms with Gasteiger partial charge < -0.3 is 4.90 Å². The third-order valence-corrected chi connectivity index (χ3v) is 11.3. The molecule has 0 unspecified atom stereocenters. The van der Waals surface area contributed by atoms with Crippen LogP contribution in [0.5, 0.6) is 0 Å². The van der Waals surface area contributed by atoms with E-state index >= 15 is 0 Å². The predicted molar refractivity (Wildman–Crippen MR) is 227 cm³/mol. The van der Waals surface area contributed by atoms with E-state index in [0.717, 1.165) is 11.8 Å². The van der Waals surface area contributed by atoms with Crippen LogP contribution in [0.2, 0.25) is 0 Å². The van der Waals surface area contributed by atoms with E-state index in [0.29, 0.717) is 0 Å². The Balaban J connectivity index is 3.93. The topological polar surface area (TPSA) is 3.24 Å². The van der Waals surface area contributed by atoms with Crippen LogP contribution in [0.25, 0.3) is 0 Å². The van der Waals surface area contributed by atoms with Crippen molar-refractivity contribution in [1.29, 1.82) is 0 Å². The molecule has 0 amide bonds. The summed E-state index contributed by atoms with van der Waals surface area (Å²) in [5, 5.41) is 0. The van der Waals surface area contributed by atoms with E-state index in [1.54, 1.807) is 0 Å². The summed E-state index contributed by atoms with van der Waals surface area (Å²) in [7, 11) is 0. The van der Waals surface area contributed by atoms with Gasteiger partial charge in [0, 0.05) is 0 Å². The molecule has 0 aliphatic heterocycles. The van der Waals surface area contributed by atoms with E-state index in [9.17, 15) is 0 Å². The van der Waals surface area contributed by atoms with Gasteiger partial charge in [-0.15, -0.1) is 0 Å². The standard InChI is InChI=1S/C48H99N/c1-6-7-8-9-10-11-12-19-24-29-34-39-44-49(45-40-35-30-25-20-15-13-17-22-27-32-37-42-47(2)3)46-41-36-31-26-21-16-14-18-23-28-33-38-43-48(4)5/h47-48H,6-46H2,1-5H3. The van der Waals surface area contributed by atoms with Crippen molar-refractivity contribution in [3.8, 4) is 0 Å². The second-order valence-electron chi connectivity index (χ2n) is 17.6. The molecule has 0 aromatic carbocycles. The molecule has 0 N–H and O–H groups in total. The van der Waals surface area contributed by atoms with Gasteiger partial charge in [0.1, 0.15) is 0 Å². The van der Waals surface area contributed by atoms with Crippen LogP contribution in [-0.4, -0.2) is 24.5 Å². The van der Waals surface area contributed by atoms with E-state index in [1.165, 1.54) is 264 Å². The van der Waals surface area contributed by atoms with Crippen LogP contribution in [0.3, 0.4) is 0 Å². The molecule has 0 heterocycles. The summed E-state index contributed by atoms with van der Waals surface area (Å²) in [6, 6.07) is 0. The molecule has 49 heavy (non-hydrogen) atoms. The molecule has 1 nitrogen and oxygen atoms in total. The van der Waals surface area contributed by atoms with Crippen molar-refractivity contribution < 1.29 is 0 Å². The van der Waals surface area contributed by atoms with Crippen molar-refractivity contribution in [3.05, 3.63) is 0 Å². The first-order valence-corrected chi connectivity index (χ1v) is 23.8. The molecule has 0 fully saturated rings. The summed E-state index contributed by atoms with van der Waals surface area (Å²) in [6.45, 7) is 15.9. The molecule has 0 radical (unpaired) electrons. The maximum absolute atomic E-state index is 2.87. The van der Waals surface area contributed by atoms with Crippen LogP contribution in [0.4, 0.5) is 0 Å². The Labute approximate surface area is 314 Å². The van der Waals surface area contributed by atoms with Crippen molar-refractivity contribution >= 4 is 0 Å². The Morgan fingerprint density at radius 2 is 0.429 bits per heavy atom. The third kappa shape index (κ3) is 44.0. The summed E-state index contributed by atoms with van der Waals surface area (Å²) < 4.78 is 0. The number of unbranched alkanes of at least 4 members (excludes halogenated alkanes) is 33. The first-order chi connectivity index (χ1) is 24.1. The lowest BCUT2D eigenvalue weighted by molar-refractivity contribution is 0.254. The number of hydrogen-bond acceptors (Lipinski definition) is 1. The second-order valence-corrected chi connectivity index (χ2v) is 17.6. The molecule has 0 aliphatic rings. The fraction of sp³-hybridized carbons (Fsp3) is 1.00. The van der Waals surface area contributed by atoms with E-state index in [1.807, 2.05) is 0 Å². The van der Waals surface area contributed by atoms with Crippen LogP contribution < -0.4 is 0 Å². The molecule has 296 valence electrons. The van der Waals surface area contributed by atoms with Crippen molar-refractivity contribution in [2.24, 2.45) is 11.8 Å². The highest BCUT2D eigenvalue weighted by molar-refractivity contribution is 4.61. The lowest BCUT2D eigenvalue weighted by Crippen LogP contribution is -2.27. The average Bonchev–Trinajstić information content (AvgIpc) is 3.08. The molecule has 0 saturated heterocycles. The maximum atomic E-state index is 2.87. The van der Waals surface area contributed by atoms with Crippen molar-refractivity contribution in [3.63, 3.8) is 0 Å². The molecular formula is C48H99N. The van der Waals surface area contributed by atoms with Crippen LogP contribution >= 0.6 is 0 Å². The van der Waals surface area contributed by atoms with Crippen molar-refractivity contribution in [1.82, 2.24) is 4.90 Å². The van der Waals surface area contributed by atoms with E-state index in [4.69, 9.17) is 0 Å². The Morgan fingerprint density at radius 3 is 0.633 bits per heavy atom. The van der Waals surface area contributed by atoms with Gasteiger partial charge in [0.25, 0.3) is 0 Å². The fourth-order valence-electron chi connectivity index (χ4n) is 7.82. The van der Waals surface area contributed by atoms with Crippen molar-refractivity contribution in [2.45, 2.75) is 279 Å². The number of rotatable bonds is 43. The average molecular weight is 690 g/mol. The molecule has 0 aliphatic carbocycles. The molecule has 0 bridgehead atoms. The highest BCUT2D eigenvalue weighted by atomic mass is 15.1. The van der Waals surface area contributed by atoms with E-state index in [-0.39, 0.29) is 0 Å². The van der Waals surface area contributed by atoms with Gasteiger partial charge in [-0.1, -0.05) is 259 Å². The number of hydrogen-bond donors (Lipinski definition) is 0. The zero-order valence-electron chi connectivity index (χ0n) is 35.6. The van der Waals surface area contributed by atoms with Crippen molar-refractivity contribution in [2.75, 3.05) is 19.6 Å². The predicted octanol–water partition coefficient (Wildman–Crippen LogP) is 17.4. The minimum atomic E-state index is 0.890. The lowest BCUT2D eigenvalue weighted by atomic mass is 10.0. The normalized spacial score (nSPS) is 12.0. The molecule has 0 spiro atoms. The van der Waals surface area contributed by atoms with Crippen LogP contribution in [0.15, 0.2) is 0 Å². The zero-order valence-corrected chi connectivity index (χ0v) is 35.6. The molecular weight excluding hydrogens is 591 g/mol. The maximum Gasteiger partial charge on any atom is -0.00187 e. The first kappa shape index (κ1) is 49.0. The number of nitrogens with zero attached hydrogens (tertiary/aromatic N) is 1. The van der Waals surface area contributed by atoms with Gasteiger partial charge >= 0.3 is 0 Å². The molecule has 0 rings (SSSR count). The minimum Gasteiger partial charge on any atom is -0.303 e. The minimum absolute atomic E-state index is 0.890. The Bertz CT molecular complexity index is 531. The monoisotopic (exact) mass is 690 g/mol. The SMILES string of the molecule is CCCCCCCCCCCCCCN(CCCCCCCCCCCCCCC(C)C)CCCCCCCCCCCCCCC(C)C. The summed E-state index contributed by atoms with van der Waals surface area (Å²) >= 11 is 0. The highest BCUT2D eigenvalue weighted by Crippen LogP contribution is 2.17. The summed E-state index contributed by atoms with van der Waals surface area (Å²) in [6.07, 6.45) is 55.7. The van der Waals surface area contributed by atoms with Crippen LogP contribution in [0, 0.1) is 11.8 Å². The first-order valence-electron chi connectivity index (χ1n) is 23.8. The van der Waals surface area contributed by atoms with Gasteiger partial charge in [-0.25, -0.2) is 0 Å². The van der Waals surface area contributed by atoms with Gasteiger partial charge in [0.2, 0.25) is 0 Å². The smallest absolute Gasteiger partial charge is 0.00187 e. The molecule has 0 aromatic heterocycles. The van der Waals surface area contributed by atoms with Crippen LogP contribution in [0.1, 0.15) is 279 Å². The molecule has 0 saturated carbocycles. The second kappa shape index (κ2) is 42.4. The van der Waals surface area contributed by atoms with Gasteiger partial charge in [0.15, 0.2) is 0 Å². The molecule has 0 aromatic rings. The lowest BCUT2D eigenvalue weighted by Gasteiger charge is -2.22. The van der Waals surface area contributed by atoms with Crippen LogP contribution in [-0.2, 0) is 0 Å². The Hall–Kier alpha value is -0.0400. The van der Waals surface area contributed by atoms with Gasteiger partial charge in [-0.05, 0) is 50.7 Å². The largest absolute Gasteiger partial charge is 0.303 e. The van der Waals surface area contributed by atoms with Gasteiger partial charge in [-0.3, -0.25) is 0 Å². The zero-order chi connectivity index (χ0) is 35.7. The Morgan fingerprint density at radius 1 is 0.245 bits per heavy atom. The quantitative estimate of drug-likeness (QED) is 0.0576. The van der Waals surface area contributed by atoms with Gasteiger partial charge in [-0.2, -0.15) is 0 Å². The highest BCUT2D eigenvalue weighted by Gasteiger charge is 2.06. The molecule has 1 heteroatoms. The Kier molecular flexibility index (Phi) is 42.3. The van der Waals surface area contributed by atoms with Gasteiger partial charge in [0.05, 0.1) is 0 Å². The third-order valence-electron chi connectivity index (χ3n) is 11.3.